The summed E-state index contributed by atoms with van der Waals surface area (Å²) in [6.45, 7) is 3.87. The number of hydrogen-bond donors (Lipinski definition) is 1. The quantitative estimate of drug-likeness (QED) is 0.715. The van der Waals surface area contributed by atoms with Crippen LogP contribution in [-0.4, -0.2) is 44.2 Å². The third-order valence-electron chi connectivity index (χ3n) is 6.17. The molecule has 0 radical (unpaired) electrons. The molecule has 0 saturated carbocycles. The number of carbonyl (C=O) groups is 2. The number of halogens is 2. The molecule has 1 N–H and O–H groups in total. The molecular formula is C23H25F2N3O4S. The van der Waals surface area contributed by atoms with Crippen molar-refractivity contribution in [3.8, 4) is 0 Å². The fourth-order valence-electron chi connectivity index (χ4n) is 4.31. The Balaban J connectivity index is 1.60. The molecular weight excluding hydrogens is 452 g/mol. The number of fused-ring (bicyclic) bond motifs is 1. The minimum absolute atomic E-state index is 0.115. The lowest BCUT2D eigenvalue weighted by Crippen LogP contribution is -2.40. The molecule has 2 heterocycles. The number of piperidine rings is 1. The topological polar surface area (TPSA) is 86.8 Å². The molecule has 0 aliphatic carbocycles. The van der Waals surface area contributed by atoms with Gasteiger partial charge in [-0.05, 0) is 62.6 Å². The number of rotatable bonds is 5. The van der Waals surface area contributed by atoms with Crippen molar-refractivity contribution in [3.05, 3.63) is 53.6 Å². The van der Waals surface area contributed by atoms with Gasteiger partial charge in [0.25, 0.3) is 0 Å². The molecule has 2 aliphatic rings. The van der Waals surface area contributed by atoms with Gasteiger partial charge in [0, 0.05) is 24.8 Å². The van der Waals surface area contributed by atoms with E-state index in [0.717, 1.165) is 31.4 Å². The van der Waals surface area contributed by atoms with Crippen LogP contribution < -0.4 is 10.2 Å². The molecule has 2 aromatic rings. The highest BCUT2D eigenvalue weighted by Crippen LogP contribution is 2.43. The van der Waals surface area contributed by atoms with Gasteiger partial charge in [-0.3, -0.25) is 9.59 Å². The van der Waals surface area contributed by atoms with Crippen LogP contribution in [0.25, 0.3) is 0 Å². The highest BCUT2D eigenvalue weighted by Gasteiger charge is 2.45. The molecule has 1 fully saturated rings. The summed E-state index contributed by atoms with van der Waals surface area (Å²) in [5.41, 5.74) is -0.316. The van der Waals surface area contributed by atoms with Crippen molar-refractivity contribution in [2.75, 3.05) is 29.9 Å². The Labute approximate surface area is 191 Å². The third kappa shape index (κ3) is 4.24. The van der Waals surface area contributed by atoms with E-state index in [4.69, 9.17) is 0 Å². The molecule has 7 nitrogen and oxygen atoms in total. The molecule has 0 spiro atoms. The van der Waals surface area contributed by atoms with Crippen LogP contribution in [0.5, 0.6) is 0 Å². The van der Waals surface area contributed by atoms with Crippen LogP contribution in [0, 0.1) is 11.6 Å². The monoisotopic (exact) mass is 477 g/mol. The molecule has 0 bridgehead atoms. The summed E-state index contributed by atoms with van der Waals surface area (Å²) in [5, 5.41) is 2.34. The highest BCUT2D eigenvalue weighted by atomic mass is 32.2. The van der Waals surface area contributed by atoms with Gasteiger partial charge in [-0.2, -0.15) is 4.31 Å². The largest absolute Gasteiger partial charge is 0.322 e. The van der Waals surface area contributed by atoms with E-state index in [1.165, 1.54) is 27.4 Å². The Morgan fingerprint density at radius 3 is 2.42 bits per heavy atom. The predicted octanol–water partition coefficient (Wildman–Crippen LogP) is 3.40. The zero-order chi connectivity index (χ0) is 24.0. The molecule has 176 valence electrons. The maximum Gasteiger partial charge on any atom is 0.244 e. The molecule has 1 saturated heterocycles. The molecule has 33 heavy (non-hydrogen) atoms. The first-order valence-electron chi connectivity index (χ1n) is 10.7. The summed E-state index contributed by atoms with van der Waals surface area (Å²) < 4.78 is 54.6. The lowest BCUT2D eigenvalue weighted by molar-refractivity contribution is -0.124. The molecule has 0 atom stereocenters. The minimum atomic E-state index is -3.69. The van der Waals surface area contributed by atoms with E-state index in [9.17, 15) is 26.8 Å². The van der Waals surface area contributed by atoms with Gasteiger partial charge in [-0.25, -0.2) is 17.2 Å². The second kappa shape index (κ2) is 8.49. The van der Waals surface area contributed by atoms with Crippen LogP contribution in [0.15, 0.2) is 41.3 Å². The Kier molecular flexibility index (Phi) is 6.00. The Morgan fingerprint density at radius 2 is 1.76 bits per heavy atom. The van der Waals surface area contributed by atoms with Crippen molar-refractivity contribution in [3.63, 3.8) is 0 Å². The van der Waals surface area contributed by atoms with E-state index in [0.29, 0.717) is 30.4 Å². The Bertz CT molecular complexity index is 1220. The Hall–Kier alpha value is -2.85. The first kappa shape index (κ1) is 23.3. The maximum absolute atomic E-state index is 13.9. The summed E-state index contributed by atoms with van der Waals surface area (Å²) in [6, 6.07) is 7.26. The fraction of sp³-hybridized carbons (Fsp3) is 0.391. The number of nitrogens with zero attached hydrogens (tertiary/aromatic N) is 2. The third-order valence-corrected chi connectivity index (χ3v) is 8.07. The van der Waals surface area contributed by atoms with Crippen LogP contribution in [0.3, 0.4) is 0 Å². The van der Waals surface area contributed by atoms with E-state index in [1.807, 2.05) is 0 Å². The zero-order valence-corrected chi connectivity index (χ0v) is 19.2. The first-order valence-corrected chi connectivity index (χ1v) is 12.2. The summed E-state index contributed by atoms with van der Waals surface area (Å²) in [6.07, 6.45) is 2.62. The highest BCUT2D eigenvalue weighted by molar-refractivity contribution is 7.89. The van der Waals surface area contributed by atoms with Gasteiger partial charge in [0.15, 0.2) is 0 Å². The first-order chi connectivity index (χ1) is 15.5. The second-order valence-corrected chi connectivity index (χ2v) is 10.8. The minimum Gasteiger partial charge on any atom is -0.322 e. The lowest BCUT2D eigenvalue weighted by atomic mass is 9.86. The standard InChI is InChI=1S/C23H25F2N3O4S/c1-23(2)17-13-16(33(31,32)27-10-4-3-5-11-27)7-9-20(17)28(22(23)30)14-21(29)26-19-8-6-15(24)12-18(19)25/h6-9,12-13H,3-5,10-11,14H2,1-2H3,(H,26,29). The summed E-state index contributed by atoms with van der Waals surface area (Å²) >= 11 is 0. The van der Waals surface area contributed by atoms with Gasteiger partial charge in [-0.1, -0.05) is 6.42 Å². The van der Waals surface area contributed by atoms with Crippen LogP contribution in [0.2, 0.25) is 0 Å². The van der Waals surface area contributed by atoms with E-state index in [1.54, 1.807) is 13.8 Å². The molecule has 10 heteroatoms. The van der Waals surface area contributed by atoms with Crippen molar-refractivity contribution in [2.45, 2.75) is 43.4 Å². The van der Waals surface area contributed by atoms with Crippen molar-refractivity contribution < 1.29 is 26.8 Å². The van der Waals surface area contributed by atoms with E-state index in [2.05, 4.69) is 5.32 Å². The lowest BCUT2D eigenvalue weighted by Gasteiger charge is -2.26. The fourth-order valence-corrected chi connectivity index (χ4v) is 5.85. The maximum atomic E-state index is 13.9. The second-order valence-electron chi connectivity index (χ2n) is 8.83. The summed E-state index contributed by atoms with van der Waals surface area (Å²) in [7, 11) is -3.69. The molecule has 4 rings (SSSR count). The van der Waals surface area contributed by atoms with Crippen LogP contribution in [0.1, 0.15) is 38.7 Å². The van der Waals surface area contributed by atoms with Crippen molar-refractivity contribution in [2.24, 2.45) is 0 Å². The number of amides is 2. The number of benzene rings is 2. The molecule has 2 aromatic carbocycles. The van der Waals surface area contributed by atoms with Gasteiger partial charge < -0.3 is 10.2 Å². The van der Waals surface area contributed by atoms with Gasteiger partial charge >= 0.3 is 0 Å². The molecule has 0 unspecified atom stereocenters. The van der Waals surface area contributed by atoms with Crippen LogP contribution >= 0.6 is 0 Å². The number of sulfonamides is 1. The number of nitrogens with one attached hydrogen (secondary N) is 1. The smallest absolute Gasteiger partial charge is 0.244 e. The summed E-state index contributed by atoms with van der Waals surface area (Å²) in [5.74, 6) is -2.74. The predicted molar refractivity (Wildman–Crippen MR) is 119 cm³/mol. The molecule has 2 amide bonds. The normalized spacial score (nSPS) is 18.3. The SMILES string of the molecule is CC1(C)C(=O)N(CC(=O)Nc2ccc(F)cc2F)c2ccc(S(=O)(=O)N3CCCCC3)cc21. The molecule has 0 aromatic heterocycles. The van der Waals surface area contributed by atoms with Crippen molar-refractivity contribution in [1.82, 2.24) is 4.31 Å². The van der Waals surface area contributed by atoms with Gasteiger partial charge in [0.05, 0.1) is 16.0 Å². The van der Waals surface area contributed by atoms with Gasteiger partial charge in [-0.15, -0.1) is 0 Å². The van der Waals surface area contributed by atoms with E-state index >= 15 is 0 Å². The van der Waals surface area contributed by atoms with Crippen LogP contribution in [0.4, 0.5) is 20.2 Å². The average Bonchev–Trinajstić information content (AvgIpc) is 2.96. The molecule has 2 aliphatic heterocycles. The number of anilines is 2. The van der Waals surface area contributed by atoms with E-state index in [-0.39, 0.29) is 16.5 Å². The van der Waals surface area contributed by atoms with Crippen molar-refractivity contribution >= 4 is 33.2 Å². The van der Waals surface area contributed by atoms with Gasteiger partial charge in [0.2, 0.25) is 21.8 Å². The average molecular weight is 478 g/mol. The van der Waals surface area contributed by atoms with Crippen molar-refractivity contribution in [1.29, 1.82) is 0 Å². The number of carbonyl (C=O) groups excluding carboxylic acids is 2. The Morgan fingerprint density at radius 1 is 1.06 bits per heavy atom. The van der Waals surface area contributed by atoms with Crippen LogP contribution in [-0.2, 0) is 25.0 Å². The zero-order valence-electron chi connectivity index (χ0n) is 18.4. The summed E-state index contributed by atoms with van der Waals surface area (Å²) in [4.78, 5) is 27.0. The van der Waals surface area contributed by atoms with Gasteiger partial charge in [0.1, 0.15) is 18.2 Å². The number of hydrogen-bond acceptors (Lipinski definition) is 4. The van der Waals surface area contributed by atoms with E-state index < -0.39 is 39.5 Å².